The minimum absolute atomic E-state index is 0.224. The molecule has 2 heterocycles. The number of amides is 1. The summed E-state index contributed by atoms with van der Waals surface area (Å²) in [7, 11) is 0. The lowest BCUT2D eigenvalue weighted by Crippen LogP contribution is -2.12. The summed E-state index contributed by atoms with van der Waals surface area (Å²) < 4.78 is 7.49. The van der Waals surface area contributed by atoms with E-state index in [1.165, 1.54) is 23.2 Å². The quantitative estimate of drug-likeness (QED) is 0.340. The molecule has 0 aliphatic carbocycles. The monoisotopic (exact) mass is 486 g/mol. The number of carbonyl (C=O) groups excluding carboxylic acids is 1. The number of benzene rings is 2. The van der Waals surface area contributed by atoms with E-state index in [2.05, 4.69) is 21.5 Å². The summed E-state index contributed by atoms with van der Waals surface area (Å²) in [4.78, 5) is 17.3. The van der Waals surface area contributed by atoms with Gasteiger partial charge < -0.3 is 4.74 Å². The number of hydrogen-bond acceptors (Lipinski definition) is 5. The molecule has 0 fully saturated rings. The van der Waals surface area contributed by atoms with Crippen molar-refractivity contribution in [3.05, 3.63) is 91.3 Å². The molecule has 0 bridgehead atoms. The molecule has 0 aliphatic heterocycles. The third-order valence-corrected chi connectivity index (χ3v) is 6.28. The standard InChI is InChI=1S/C23H20Cl2N4O2S/c1-14-3-6-20(15(2)7-14)31-11-16-8-21(32-12-16)22(30)27-23-26-13-29(28-23)10-17-4-5-18(24)9-19(17)25/h3-9,12-13H,10-11H2,1-2H3,(H,27,28,30). The number of aryl methyl sites for hydroxylation is 2. The van der Waals surface area contributed by atoms with Crippen LogP contribution in [0.25, 0.3) is 0 Å². The van der Waals surface area contributed by atoms with E-state index in [1.54, 1.807) is 16.8 Å². The van der Waals surface area contributed by atoms with E-state index in [9.17, 15) is 4.79 Å². The predicted molar refractivity (Wildman–Crippen MR) is 128 cm³/mol. The molecule has 9 heteroatoms. The Morgan fingerprint density at radius 3 is 2.78 bits per heavy atom. The van der Waals surface area contributed by atoms with Crippen molar-refractivity contribution < 1.29 is 9.53 Å². The number of nitrogens with one attached hydrogen (secondary N) is 1. The lowest BCUT2D eigenvalue weighted by molar-refractivity contribution is 0.102. The highest BCUT2D eigenvalue weighted by atomic mass is 35.5. The van der Waals surface area contributed by atoms with Crippen LogP contribution in [-0.2, 0) is 13.2 Å². The van der Waals surface area contributed by atoms with E-state index >= 15 is 0 Å². The Labute approximate surface area is 199 Å². The van der Waals surface area contributed by atoms with E-state index in [0.717, 1.165) is 22.4 Å². The molecular formula is C23H20Cl2N4O2S. The minimum atomic E-state index is -0.268. The van der Waals surface area contributed by atoms with Crippen molar-refractivity contribution in [2.45, 2.75) is 27.0 Å². The van der Waals surface area contributed by atoms with Gasteiger partial charge in [-0.25, -0.2) is 9.67 Å². The third kappa shape index (κ3) is 5.48. The fraction of sp³-hybridized carbons (Fsp3) is 0.174. The number of halogens is 2. The second-order valence-electron chi connectivity index (χ2n) is 7.33. The van der Waals surface area contributed by atoms with E-state index in [0.29, 0.717) is 28.1 Å². The molecule has 1 N–H and O–H groups in total. The van der Waals surface area contributed by atoms with Gasteiger partial charge in [-0.3, -0.25) is 10.1 Å². The highest BCUT2D eigenvalue weighted by Gasteiger charge is 2.13. The molecule has 0 spiro atoms. The molecule has 6 nitrogen and oxygen atoms in total. The molecule has 0 atom stereocenters. The molecule has 1 amide bonds. The van der Waals surface area contributed by atoms with Gasteiger partial charge in [-0.15, -0.1) is 16.4 Å². The maximum absolute atomic E-state index is 12.6. The number of ether oxygens (including phenoxy) is 1. The molecule has 164 valence electrons. The Morgan fingerprint density at radius 1 is 1.16 bits per heavy atom. The van der Waals surface area contributed by atoms with Gasteiger partial charge in [0.25, 0.3) is 5.91 Å². The number of nitrogens with zero attached hydrogens (tertiary/aromatic N) is 3. The summed E-state index contributed by atoms with van der Waals surface area (Å²) in [6.45, 7) is 4.87. The zero-order chi connectivity index (χ0) is 22.7. The first-order valence-corrected chi connectivity index (χ1v) is 11.4. The highest BCUT2D eigenvalue weighted by molar-refractivity contribution is 7.12. The average molecular weight is 487 g/mol. The van der Waals surface area contributed by atoms with Crippen molar-refractivity contribution in [3.8, 4) is 5.75 Å². The van der Waals surface area contributed by atoms with Crippen molar-refractivity contribution in [1.82, 2.24) is 14.8 Å². The third-order valence-electron chi connectivity index (χ3n) is 4.71. The van der Waals surface area contributed by atoms with Crippen LogP contribution in [0.2, 0.25) is 10.0 Å². The molecule has 2 aromatic heterocycles. The fourth-order valence-electron chi connectivity index (χ4n) is 3.11. The van der Waals surface area contributed by atoms with E-state index in [-0.39, 0.29) is 11.9 Å². The first kappa shape index (κ1) is 22.3. The number of aromatic nitrogens is 3. The summed E-state index contributed by atoms with van der Waals surface area (Å²) >= 11 is 13.5. The maximum Gasteiger partial charge on any atom is 0.268 e. The fourth-order valence-corrected chi connectivity index (χ4v) is 4.37. The van der Waals surface area contributed by atoms with Crippen LogP contribution in [0.4, 0.5) is 5.95 Å². The summed E-state index contributed by atoms with van der Waals surface area (Å²) in [5, 5.41) is 10.0. The Kier molecular flexibility index (Phi) is 6.79. The largest absolute Gasteiger partial charge is 0.489 e. The topological polar surface area (TPSA) is 69.0 Å². The molecule has 0 saturated heterocycles. The lowest BCUT2D eigenvalue weighted by Gasteiger charge is -2.08. The van der Waals surface area contributed by atoms with Crippen LogP contribution in [0, 0.1) is 13.8 Å². The van der Waals surface area contributed by atoms with Gasteiger partial charge in [0.1, 0.15) is 18.7 Å². The second-order valence-corrected chi connectivity index (χ2v) is 9.09. The number of carbonyl (C=O) groups is 1. The van der Waals surface area contributed by atoms with Crippen LogP contribution >= 0.6 is 34.5 Å². The van der Waals surface area contributed by atoms with Gasteiger partial charge in [-0.2, -0.15) is 0 Å². The van der Waals surface area contributed by atoms with Gasteiger partial charge in [0.2, 0.25) is 5.95 Å². The predicted octanol–water partition coefficient (Wildman–Crippen LogP) is 6.14. The molecule has 4 rings (SSSR count). The summed E-state index contributed by atoms with van der Waals surface area (Å²) in [5.74, 6) is 0.792. The van der Waals surface area contributed by atoms with Gasteiger partial charge in [0.15, 0.2) is 0 Å². The van der Waals surface area contributed by atoms with Gasteiger partial charge in [-0.1, -0.05) is 47.0 Å². The number of anilines is 1. The van der Waals surface area contributed by atoms with Crippen molar-refractivity contribution in [1.29, 1.82) is 0 Å². The van der Waals surface area contributed by atoms with Crippen molar-refractivity contribution in [2.75, 3.05) is 5.32 Å². The van der Waals surface area contributed by atoms with Crippen LogP contribution in [0.3, 0.4) is 0 Å². The highest BCUT2D eigenvalue weighted by Crippen LogP contribution is 2.23. The van der Waals surface area contributed by atoms with E-state index < -0.39 is 0 Å². The smallest absolute Gasteiger partial charge is 0.268 e. The summed E-state index contributed by atoms with van der Waals surface area (Å²) in [5.41, 5.74) is 4.05. The van der Waals surface area contributed by atoms with Gasteiger partial charge in [0.05, 0.1) is 11.4 Å². The summed E-state index contributed by atoms with van der Waals surface area (Å²) in [6.07, 6.45) is 1.54. The van der Waals surface area contributed by atoms with Crippen LogP contribution in [0.5, 0.6) is 5.75 Å². The second kappa shape index (κ2) is 9.73. The average Bonchev–Trinajstić information content (AvgIpc) is 3.39. The molecule has 0 aliphatic rings. The SMILES string of the molecule is Cc1ccc(OCc2csc(C(=O)Nc3ncn(Cc4ccc(Cl)cc4Cl)n3)c2)c(C)c1. The molecular weight excluding hydrogens is 467 g/mol. The zero-order valence-electron chi connectivity index (χ0n) is 17.4. The zero-order valence-corrected chi connectivity index (χ0v) is 19.8. The van der Waals surface area contributed by atoms with E-state index in [4.69, 9.17) is 27.9 Å². The molecule has 4 aromatic rings. The van der Waals surface area contributed by atoms with Crippen molar-refractivity contribution >= 4 is 46.4 Å². The first-order chi connectivity index (χ1) is 15.4. The summed E-state index contributed by atoms with van der Waals surface area (Å²) in [6, 6.07) is 13.1. The van der Waals surface area contributed by atoms with Gasteiger partial charge >= 0.3 is 0 Å². The van der Waals surface area contributed by atoms with Crippen molar-refractivity contribution in [2.24, 2.45) is 0 Å². The Balaban J connectivity index is 1.35. The number of hydrogen-bond donors (Lipinski definition) is 1. The van der Waals surface area contributed by atoms with Gasteiger partial charge in [-0.05, 0) is 54.6 Å². The van der Waals surface area contributed by atoms with Crippen LogP contribution in [0.15, 0.2) is 54.2 Å². The van der Waals surface area contributed by atoms with E-state index in [1.807, 2.05) is 43.5 Å². The molecule has 0 unspecified atom stereocenters. The Morgan fingerprint density at radius 2 is 2.00 bits per heavy atom. The van der Waals surface area contributed by atoms with Crippen molar-refractivity contribution in [3.63, 3.8) is 0 Å². The lowest BCUT2D eigenvalue weighted by atomic mass is 10.1. The maximum atomic E-state index is 12.6. The minimum Gasteiger partial charge on any atom is -0.489 e. The van der Waals surface area contributed by atoms with Crippen LogP contribution in [-0.4, -0.2) is 20.7 Å². The number of rotatable bonds is 7. The Bertz CT molecular complexity index is 1270. The number of thiophene rings is 1. The molecule has 0 saturated carbocycles. The normalized spacial score (nSPS) is 10.9. The molecule has 32 heavy (non-hydrogen) atoms. The van der Waals surface area contributed by atoms with Crippen LogP contribution < -0.4 is 10.1 Å². The van der Waals surface area contributed by atoms with Gasteiger partial charge in [0, 0.05) is 15.6 Å². The first-order valence-electron chi connectivity index (χ1n) is 9.79. The molecule has 2 aromatic carbocycles. The van der Waals surface area contributed by atoms with Crippen LogP contribution in [0.1, 0.15) is 31.9 Å². The molecule has 0 radical (unpaired) electrons. The Hall–Kier alpha value is -2.87.